The summed E-state index contributed by atoms with van der Waals surface area (Å²) in [7, 11) is 0. The Bertz CT molecular complexity index is 789. The fourth-order valence-electron chi connectivity index (χ4n) is 2.37. The lowest BCUT2D eigenvalue weighted by atomic mass is 10.0. The number of halogens is 4. The zero-order chi connectivity index (χ0) is 16.4. The molecule has 0 saturated carbocycles. The van der Waals surface area contributed by atoms with Crippen molar-refractivity contribution in [3.63, 3.8) is 0 Å². The van der Waals surface area contributed by atoms with Crippen LogP contribution in [0.4, 0.5) is 13.2 Å². The van der Waals surface area contributed by atoms with Gasteiger partial charge in [-0.1, -0.05) is 54.1 Å². The van der Waals surface area contributed by atoms with Crippen molar-refractivity contribution in [3.8, 4) is 11.3 Å². The Morgan fingerprint density at radius 3 is 2.17 bits per heavy atom. The summed E-state index contributed by atoms with van der Waals surface area (Å²) < 4.78 is 44.8. The van der Waals surface area contributed by atoms with E-state index >= 15 is 0 Å². The lowest BCUT2D eigenvalue weighted by Crippen LogP contribution is -2.06. The summed E-state index contributed by atoms with van der Waals surface area (Å²) in [4.78, 5) is 0. The fraction of sp³-hybridized carbons (Fsp3) is 0.111. The molecule has 0 radical (unpaired) electrons. The van der Waals surface area contributed by atoms with Crippen molar-refractivity contribution < 1.29 is 17.6 Å². The maximum absolute atomic E-state index is 13.2. The molecule has 1 nitrogen and oxygen atoms in total. The summed E-state index contributed by atoms with van der Waals surface area (Å²) in [6.45, 7) is 0. The van der Waals surface area contributed by atoms with E-state index in [2.05, 4.69) is 0 Å². The minimum Gasteiger partial charge on any atom is -0.451 e. The first kappa shape index (κ1) is 15.7. The first-order valence-corrected chi connectivity index (χ1v) is 7.31. The van der Waals surface area contributed by atoms with E-state index in [-0.39, 0.29) is 17.7 Å². The normalized spacial score (nSPS) is 11.7. The highest BCUT2D eigenvalue weighted by molar-refractivity contribution is 6.30. The lowest BCUT2D eigenvalue weighted by Gasteiger charge is -2.06. The SMILES string of the molecule is FC(F)(F)c1oc(-c2ccccc2)cc1Cc1ccc(Cl)cc1. The molecule has 118 valence electrons. The minimum atomic E-state index is -4.53. The quantitative estimate of drug-likeness (QED) is 0.554. The highest BCUT2D eigenvalue weighted by Gasteiger charge is 2.38. The van der Waals surface area contributed by atoms with Gasteiger partial charge >= 0.3 is 6.18 Å². The predicted molar refractivity (Wildman–Crippen MR) is 83.4 cm³/mol. The molecule has 0 saturated heterocycles. The molecular formula is C18H12ClF3O. The summed E-state index contributed by atoms with van der Waals surface area (Å²) in [5.41, 5.74) is 1.46. The van der Waals surface area contributed by atoms with E-state index in [1.165, 1.54) is 6.07 Å². The van der Waals surface area contributed by atoms with Gasteiger partial charge in [-0.25, -0.2) is 0 Å². The average Bonchev–Trinajstić information content (AvgIpc) is 2.95. The van der Waals surface area contributed by atoms with Gasteiger partial charge in [0.1, 0.15) is 5.76 Å². The van der Waals surface area contributed by atoms with Crippen LogP contribution in [0.15, 0.2) is 65.1 Å². The van der Waals surface area contributed by atoms with Crippen molar-refractivity contribution in [3.05, 3.63) is 82.6 Å². The number of benzene rings is 2. The molecule has 0 aliphatic rings. The van der Waals surface area contributed by atoms with Crippen LogP contribution in [0.1, 0.15) is 16.9 Å². The van der Waals surface area contributed by atoms with Crippen molar-refractivity contribution in [2.24, 2.45) is 0 Å². The first-order chi connectivity index (χ1) is 10.9. The van der Waals surface area contributed by atoms with Gasteiger partial charge in [0.15, 0.2) is 0 Å². The van der Waals surface area contributed by atoms with Crippen LogP contribution >= 0.6 is 11.6 Å². The second-order valence-corrected chi connectivity index (χ2v) is 5.57. The monoisotopic (exact) mass is 336 g/mol. The Labute approximate surface area is 136 Å². The Morgan fingerprint density at radius 1 is 0.913 bits per heavy atom. The first-order valence-electron chi connectivity index (χ1n) is 6.93. The molecule has 2 aromatic carbocycles. The van der Waals surface area contributed by atoms with E-state index in [1.807, 2.05) is 0 Å². The van der Waals surface area contributed by atoms with Crippen molar-refractivity contribution >= 4 is 11.6 Å². The zero-order valence-corrected chi connectivity index (χ0v) is 12.7. The second-order valence-electron chi connectivity index (χ2n) is 5.13. The predicted octanol–water partition coefficient (Wildman–Crippen LogP) is 6.21. The van der Waals surface area contributed by atoms with Crippen LogP contribution in [0.3, 0.4) is 0 Å². The third-order valence-electron chi connectivity index (χ3n) is 3.43. The maximum Gasteiger partial charge on any atom is 0.449 e. The highest BCUT2D eigenvalue weighted by Crippen LogP contribution is 2.38. The topological polar surface area (TPSA) is 13.1 Å². The molecule has 1 aromatic heterocycles. The summed E-state index contributed by atoms with van der Waals surface area (Å²) in [5.74, 6) is -0.742. The molecule has 0 bridgehead atoms. The molecular weight excluding hydrogens is 325 g/mol. The van der Waals surface area contributed by atoms with E-state index < -0.39 is 11.9 Å². The van der Waals surface area contributed by atoms with Crippen molar-refractivity contribution in [1.82, 2.24) is 0 Å². The molecule has 3 aromatic rings. The molecule has 0 atom stereocenters. The van der Waals surface area contributed by atoms with Crippen LogP contribution in [-0.4, -0.2) is 0 Å². The molecule has 3 rings (SSSR count). The standard InChI is InChI=1S/C18H12ClF3O/c19-15-8-6-12(7-9-15)10-14-11-16(13-4-2-1-3-5-13)23-17(14)18(20,21)22/h1-9,11H,10H2. The maximum atomic E-state index is 13.2. The van der Waals surface area contributed by atoms with Crippen molar-refractivity contribution in [1.29, 1.82) is 0 Å². The molecule has 0 unspecified atom stereocenters. The van der Waals surface area contributed by atoms with E-state index in [4.69, 9.17) is 16.0 Å². The molecule has 0 amide bonds. The summed E-state index contributed by atoms with van der Waals surface area (Å²) in [6, 6.07) is 16.9. The van der Waals surface area contributed by atoms with Gasteiger partial charge in [0, 0.05) is 22.6 Å². The summed E-state index contributed by atoms with van der Waals surface area (Å²) >= 11 is 5.80. The van der Waals surface area contributed by atoms with Gasteiger partial charge in [-0.05, 0) is 23.8 Å². The van der Waals surface area contributed by atoms with E-state index in [0.29, 0.717) is 10.6 Å². The van der Waals surface area contributed by atoms with Gasteiger partial charge in [-0.15, -0.1) is 0 Å². The number of hydrogen-bond acceptors (Lipinski definition) is 1. The molecule has 0 spiro atoms. The Hall–Kier alpha value is -2.20. The van der Waals surface area contributed by atoms with Gasteiger partial charge in [0.2, 0.25) is 5.76 Å². The molecule has 23 heavy (non-hydrogen) atoms. The van der Waals surface area contributed by atoms with Crippen LogP contribution in [-0.2, 0) is 12.6 Å². The van der Waals surface area contributed by atoms with Crippen molar-refractivity contribution in [2.45, 2.75) is 12.6 Å². The zero-order valence-electron chi connectivity index (χ0n) is 11.9. The fourth-order valence-corrected chi connectivity index (χ4v) is 2.49. The van der Waals surface area contributed by atoms with E-state index in [0.717, 1.165) is 5.56 Å². The Morgan fingerprint density at radius 2 is 1.57 bits per heavy atom. The van der Waals surface area contributed by atoms with Gasteiger partial charge in [-0.3, -0.25) is 0 Å². The van der Waals surface area contributed by atoms with Crippen LogP contribution in [0.5, 0.6) is 0 Å². The number of hydrogen-bond donors (Lipinski definition) is 0. The highest BCUT2D eigenvalue weighted by atomic mass is 35.5. The van der Waals surface area contributed by atoms with Gasteiger partial charge in [0.25, 0.3) is 0 Å². The molecule has 5 heteroatoms. The van der Waals surface area contributed by atoms with Gasteiger partial charge < -0.3 is 4.42 Å². The average molecular weight is 337 g/mol. The van der Waals surface area contributed by atoms with Crippen LogP contribution in [0, 0.1) is 0 Å². The molecule has 1 heterocycles. The van der Waals surface area contributed by atoms with E-state index in [1.54, 1.807) is 54.6 Å². The Balaban J connectivity index is 2.01. The smallest absolute Gasteiger partial charge is 0.449 e. The van der Waals surface area contributed by atoms with Crippen LogP contribution < -0.4 is 0 Å². The molecule has 0 N–H and O–H groups in total. The number of alkyl halides is 3. The third kappa shape index (κ3) is 3.59. The molecule has 0 fully saturated rings. The van der Waals surface area contributed by atoms with Gasteiger partial charge in [0.05, 0.1) is 0 Å². The molecule has 0 aliphatic heterocycles. The second kappa shape index (κ2) is 6.13. The Kier molecular flexibility index (Phi) is 4.18. The van der Waals surface area contributed by atoms with E-state index in [9.17, 15) is 13.2 Å². The van der Waals surface area contributed by atoms with Crippen LogP contribution in [0.2, 0.25) is 5.02 Å². The van der Waals surface area contributed by atoms with Gasteiger partial charge in [-0.2, -0.15) is 13.2 Å². The number of rotatable bonds is 3. The minimum absolute atomic E-state index is 0.110. The molecule has 0 aliphatic carbocycles. The van der Waals surface area contributed by atoms with Crippen molar-refractivity contribution in [2.75, 3.05) is 0 Å². The number of furan rings is 1. The lowest BCUT2D eigenvalue weighted by molar-refractivity contribution is -0.153. The largest absolute Gasteiger partial charge is 0.451 e. The summed E-state index contributed by atoms with van der Waals surface area (Å²) in [5, 5.41) is 0.543. The van der Waals surface area contributed by atoms with Crippen LogP contribution in [0.25, 0.3) is 11.3 Å². The third-order valence-corrected chi connectivity index (χ3v) is 3.68. The summed E-state index contributed by atoms with van der Waals surface area (Å²) in [6.07, 6.45) is -4.41.